The van der Waals surface area contributed by atoms with E-state index in [-0.39, 0.29) is 53.3 Å². The first-order valence-corrected chi connectivity index (χ1v) is 17.2. The van der Waals surface area contributed by atoms with Crippen molar-refractivity contribution in [2.75, 3.05) is 5.75 Å². The first-order chi connectivity index (χ1) is 20.6. The van der Waals surface area contributed by atoms with Crippen LogP contribution in [0.1, 0.15) is 69.3 Å². The molecule has 0 spiro atoms. The average Bonchev–Trinajstić information content (AvgIpc) is 3.72. The Morgan fingerprint density at radius 2 is 1.95 bits per heavy atom. The minimum atomic E-state index is -1.74. The average molecular weight is 622 g/mol. The van der Waals surface area contributed by atoms with Crippen LogP contribution in [-0.2, 0) is 25.1 Å². The standard InChI is InChI=1S/C33H35NO7S2/c1-31-13-11-20(35)16-19(31)9-10-21-22-12-14-33(32(22,2)17-24(36)28(21)31,41-29(38)25-7-5-15-40-25)27(37)18-43(39)30-34-23-6-3-4-8-26(23)42-30/h3-8,15-16,21-22,24,28,36H,9-14,17-18H2,1-2H3/t21?,22?,24-,28?,31?,32?,33-,43+/m0/s1. The molecular weight excluding hydrogens is 586 g/mol. The summed E-state index contributed by atoms with van der Waals surface area (Å²) in [5.41, 5.74) is -0.901. The summed E-state index contributed by atoms with van der Waals surface area (Å²) in [7, 11) is -1.74. The molecule has 8 atom stereocenters. The Bertz CT molecular complexity index is 1640. The van der Waals surface area contributed by atoms with Crippen molar-refractivity contribution in [3.05, 3.63) is 60.1 Å². The van der Waals surface area contributed by atoms with Crippen molar-refractivity contribution in [2.24, 2.45) is 28.6 Å². The Morgan fingerprint density at radius 3 is 2.72 bits per heavy atom. The number of rotatable bonds is 6. The van der Waals surface area contributed by atoms with Crippen molar-refractivity contribution in [3.8, 4) is 0 Å². The van der Waals surface area contributed by atoms with Crippen LogP contribution < -0.4 is 0 Å². The number of carbonyl (C=O) groups excluding carboxylic acids is 3. The number of para-hydroxylation sites is 1. The van der Waals surface area contributed by atoms with E-state index in [1.807, 2.05) is 31.2 Å². The number of Topliss-reactive ketones (excluding diaryl/α,β-unsaturated/α-hetero) is 1. The fourth-order valence-corrected chi connectivity index (χ4v) is 11.5. The van der Waals surface area contributed by atoms with E-state index in [1.165, 1.54) is 23.7 Å². The molecule has 0 radical (unpaired) electrons. The Hall–Kier alpha value is -2.95. The number of benzene rings is 1. The van der Waals surface area contributed by atoms with E-state index in [1.54, 1.807) is 12.1 Å². The van der Waals surface area contributed by atoms with Crippen LogP contribution in [0.25, 0.3) is 10.2 Å². The number of ketones is 2. The zero-order chi connectivity index (χ0) is 30.1. The maximum atomic E-state index is 14.5. The van der Waals surface area contributed by atoms with Crippen LogP contribution in [0.3, 0.4) is 0 Å². The van der Waals surface area contributed by atoms with Gasteiger partial charge in [-0.05, 0) is 92.0 Å². The number of thiazole rings is 1. The molecule has 8 nitrogen and oxygen atoms in total. The van der Waals surface area contributed by atoms with Gasteiger partial charge in [-0.1, -0.05) is 31.6 Å². The summed E-state index contributed by atoms with van der Waals surface area (Å²) in [5.74, 6) is -1.31. The van der Waals surface area contributed by atoms with Gasteiger partial charge < -0.3 is 14.3 Å². The van der Waals surface area contributed by atoms with Crippen LogP contribution in [-0.4, -0.2) is 49.3 Å². The van der Waals surface area contributed by atoms with E-state index in [0.29, 0.717) is 23.6 Å². The Kier molecular flexibility index (Phi) is 6.91. The topological polar surface area (TPSA) is 124 Å². The van der Waals surface area contributed by atoms with Crippen LogP contribution in [0.2, 0.25) is 0 Å². The summed E-state index contributed by atoms with van der Waals surface area (Å²) in [4.78, 5) is 44.7. The minimum Gasteiger partial charge on any atom is -0.457 e. The van der Waals surface area contributed by atoms with Crippen molar-refractivity contribution >= 4 is 49.9 Å². The molecule has 5 unspecified atom stereocenters. The van der Waals surface area contributed by atoms with Crippen LogP contribution in [0.15, 0.2) is 63.1 Å². The maximum Gasteiger partial charge on any atom is 0.375 e. The molecule has 1 aromatic carbocycles. The summed E-state index contributed by atoms with van der Waals surface area (Å²) in [6, 6.07) is 10.6. The van der Waals surface area contributed by atoms with Crippen molar-refractivity contribution in [1.82, 2.24) is 4.98 Å². The van der Waals surface area contributed by atoms with Crippen molar-refractivity contribution in [3.63, 3.8) is 0 Å². The number of furan rings is 1. The van der Waals surface area contributed by atoms with Crippen molar-refractivity contribution in [1.29, 1.82) is 0 Å². The Morgan fingerprint density at radius 1 is 1.14 bits per heavy atom. The Balaban J connectivity index is 1.25. The van der Waals surface area contributed by atoms with E-state index in [2.05, 4.69) is 11.9 Å². The van der Waals surface area contributed by atoms with Gasteiger partial charge in [0.25, 0.3) is 0 Å². The third-order valence-electron chi connectivity index (χ3n) is 11.2. The number of hydrogen-bond acceptors (Lipinski definition) is 9. The van der Waals surface area contributed by atoms with Crippen LogP contribution in [0.4, 0.5) is 0 Å². The fraction of sp³-hybridized carbons (Fsp3) is 0.515. The zero-order valence-corrected chi connectivity index (χ0v) is 25.9. The fourth-order valence-electron chi connectivity index (χ4n) is 9.21. The molecule has 1 N–H and O–H groups in total. The number of ether oxygens (including phenoxy) is 1. The molecule has 3 aromatic rings. The third kappa shape index (κ3) is 4.35. The summed E-state index contributed by atoms with van der Waals surface area (Å²) in [5, 5.41) is 11.9. The van der Waals surface area contributed by atoms with Crippen LogP contribution in [0.5, 0.6) is 0 Å². The van der Waals surface area contributed by atoms with Gasteiger partial charge in [0, 0.05) is 11.8 Å². The van der Waals surface area contributed by atoms with Gasteiger partial charge in [0.15, 0.2) is 21.5 Å². The number of aliphatic hydroxyl groups is 1. The predicted octanol–water partition coefficient (Wildman–Crippen LogP) is 5.66. The number of carbonyl (C=O) groups is 3. The number of allylic oxidation sites excluding steroid dienone is 1. The Labute approximate surface area is 256 Å². The van der Waals surface area contributed by atoms with Crippen LogP contribution in [0, 0.1) is 28.6 Å². The summed E-state index contributed by atoms with van der Waals surface area (Å²) in [6.45, 7) is 4.15. The van der Waals surface area contributed by atoms with Gasteiger partial charge in [-0.25, -0.2) is 9.78 Å². The van der Waals surface area contributed by atoms with Gasteiger partial charge in [-0.15, -0.1) is 11.3 Å². The van der Waals surface area contributed by atoms with E-state index in [4.69, 9.17) is 9.15 Å². The molecule has 4 aliphatic rings. The second-order valence-electron chi connectivity index (χ2n) is 13.2. The van der Waals surface area contributed by atoms with E-state index in [0.717, 1.165) is 28.6 Å². The third-order valence-corrected chi connectivity index (χ3v) is 13.8. The normalized spacial score (nSPS) is 35.9. The number of nitrogens with zero attached hydrogens (tertiary/aromatic N) is 1. The molecule has 3 saturated carbocycles. The molecule has 0 amide bonds. The highest BCUT2D eigenvalue weighted by Gasteiger charge is 2.70. The van der Waals surface area contributed by atoms with Gasteiger partial charge in [0.05, 0.1) is 39.1 Å². The van der Waals surface area contributed by atoms with Crippen molar-refractivity contribution in [2.45, 2.75) is 74.8 Å². The summed E-state index contributed by atoms with van der Waals surface area (Å²) in [6.07, 6.45) is 6.36. The molecular formula is C33H35NO7S2. The molecule has 0 bridgehead atoms. The maximum absolute atomic E-state index is 14.5. The summed E-state index contributed by atoms with van der Waals surface area (Å²) >= 11 is 1.29. The SMILES string of the molecule is CC12CCC(=O)C=C1CCC1C2[C@@H](O)CC2(C)C1CC[C@]2(OC(=O)c1ccco1)C(=O)C[S@@](=O)c1nc2ccccc2s1. The lowest BCUT2D eigenvalue weighted by atomic mass is 9.45. The number of hydrogen-bond donors (Lipinski definition) is 1. The number of fused-ring (bicyclic) bond motifs is 6. The van der Waals surface area contributed by atoms with Gasteiger partial charge in [0.2, 0.25) is 5.76 Å². The largest absolute Gasteiger partial charge is 0.457 e. The molecule has 4 aliphatic carbocycles. The van der Waals surface area contributed by atoms with E-state index >= 15 is 0 Å². The molecule has 0 saturated heterocycles. The van der Waals surface area contributed by atoms with Crippen molar-refractivity contribution < 1.29 is 32.9 Å². The molecule has 3 fully saturated rings. The number of aromatic nitrogens is 1. The molecule has 43 heavy (non-hydrogen) atoms. The van der Waals surface area contributed by atoms with Gasteiger partial charge in [-0.3, -0.25) is 13.8 Å². The highest BCUT2D eigenvalue weighted by molar-refractivity contribution is 7.88. The molecule has 0 aliphatic heterocycles. The summed E-state index contributed by atoms with van der Waals surface area (Å²) < 4.78 is 26.4. The molecule has 226 valence electrons. The van der Waals surface area contributed by atoms with E-state index in [9.17, 15) is 23.7 Å². The molecule has 10 heteroatoms. The number of esters is 1. The monoisotopic (exact) mass is 621 g/mol. The predicted molar refractivity (Wildman–Crippen MR) is 161 cm³/mol. The lowest BCUT2D eigenvalue weighted by Gasteiger charge is -2.60. The molecule has 2 aromatic heterocycles. The first-order valence-electron chi connectivity index (χ1n) is 15.0. The second kappa shape index (κ2) is 10.3. The zero-order valence-electron chi connectivity index (χ0n) is 24.2. The lowest BCUT2D eigenvalue weighted by molar-refractivity contribution is -0.180. The van der Waals surface area contributed by atoms with Crippen LogP contribution >= 0.6 is 11.3 Å². The number of aliphatic hydroxyl groups excluding tert-OH is 1. The van der Waals surface area contributed by atoms with E-state index < -0.39 is 39.7 Å². The van der Waals surface area contributed by atoms with Gasteiger partial charge >= 0.3 is 5.97 Å². The smallest absolute Gasteiger partial charge is 0.375 e. The quantitative estimate of drug-likeness (QED) is 0.350. The highest BCUT2D eigenvalue weighted by Crippen LogP contribution is 2.68. The minimum absolute atomic E-state index is 0.00106. The lowest BCUT2D eigenvalue weighted by Crippen LogP contribution is -2.63. The van der Waals surface area contributed by atoms with Gasteiger partial charge in [-0.2, -0.15) is 0 Å². The molecule has 2 heterocycles. The first kappa shape index (κ1) is 28.8. The molecule has 7 rings (SSSR count). The second-order valence-corrected chi connectivity index (χ2v) is 15.8. The highest BCUT2D eigenvalue weighted by atomic mass is 32.2. The van der Waals surface area contributed by atoms with Gasteiger partial charge in [0.1, 0.15) is 0 Å².